The zero-order valence-electron chi connectivity index (χ0n) is 32.4. The van der Waals surface area contributed by atoms with Gasteiger partial charge in [0.15, 0.2) is 0 Å². The van der Waals surface area contributed by atoms with E-state index >= 15 is 0 Å². The zero-order chi connectivity index (χ0) is 39.3. The maximum absolute atomic E-state index is 7.10. The average Bonchev–Trinajstić information content (AvgIpc) is 3.87. The molecule has 0 saturated heterocycles. The molecule has 60 heavy (non-hydrogen) atoms. The molecule has 0 aliphatic rings. The standard InChI is InChI=1S/C58H34O2/c1-2-14-37-30-40(25-24-35(37)12-1)56-51-31-38-15-3-4-16-39(38)34-54(51)60-58(56)42-26-28-48-50(33-42)55(41-27-29-53-49(32-41)44-19-9-10-23-52(44)59-53)46-20-7-8-21-47(46)57(48)45-22-11-17-36-13-5-6-18-43(36)45/h1-34H. The van der Waals surface area contributed by atoms with Crippen molar-refractivity contribution in [1.82, 2.24) is 0 Å². The zero-order valence-corrected chi connectivity index (χ0v) is 32.4. The van der Waals surface area contributed by atoms with Crippen molar-refractivity contribution in [3.05, 3.63) is 206 Å². The number of fused-ring (bicyclic) bond motifs is 9. The van der Waals surface area contributed by atoms with Crippen LogP contribution in [0.15, 0.2) is 215 Å². The highest BCUT2D eigenvalue weighted by Crippen LogP contribution is 2.49. The lowest BCUT2D eigenvalue weighted by atomic mass is 9.83. The summed E-state index contributed by atoms with van der Waals surface area (Å²) in [5, 5.41) is 15.3. The first-order valence-electron chi connectivity index (χ1n) is 20.6. The van der Waals surface area contributed by atoms with Crippen molar-refractivity contribution in [3.63, 3.8) is 0 Å². The number of benzene rings is 11. The van der Waals surface area contributed by atoms with Crippen molar-refractivity contribution in [3.8, 4) is 44.7 Å². The second-order valence-corrected chi connectivity index (χ2v) is 16.0. The summed E-state index contributed by atoms with van der Waals surface area (Å²) in [5.74, 6) is 0.861. The van der Waals surface area contributed by atoms with Crippen LogP contribution in [0, 0.1) is 0 Å². The average molecular weight is 763 g/mol. The van der Waals surface area contributed by atoms with Crippen molar-refractivity contribution in [2.24, 2.45) is 0 Å². The van der Waals surface area contributed by atoms with Gasteiger partial charge in [-0.2, -0.15) is 0 Å². The smallest absolute Gasteiger partial charge is 0.143 e. The Morgan fingerprint density at radius 1 is 0.233 bits per heavy atom. The van der Waals surface area contributed by atoms with E-state index in [1.165, 1.54) is 59.8 Å². The normalized spacial score (nSPS) is 12.0. The molecule has 0 radical (unpaired) electrons. The third-order valence-corrected chi connectivity index (χ3v) is 12.6. The van der Waals surface area contributed by atoms with Crippen LogP contribution in [0.3, 0.4) is 0 Å². The summed E-state index contributed by atoms with van der Waals surface area (Å²) in [6.45, 7) is 0. The Hall–Kier alpha value is -7.94. The van der Waals surface area contributed by atoms with E-state index in [0.29, 0.717) is 0 Å². The van der Waals surface area contributed by atoms with Gasteiger partial charge in [0.2, 0.25) is 0 Å². The van der Waals surface area contributed by atoms with E-state index in [-0.39, 0.29) is 0 Å². The van der Waals surface area contributed by atoms with Crippen LogP contribution in [0.5, 0.6) is 0 Å². The summed E-state index contributed by atoms with van der Waals surface area (Å²) in [6.07, 6.45) is 0. The Morgan fingerprint density at radius 3 is 1.63 bits per heavy atom. The summed E-state index contributed by atoms with van der Waals surface area (Å²) in [6, 6.07) is 74.7. The molecule has 0 amide bonds. The van der Waals surface area contributed by atoms with Crippen molar-refractivity contribution in [2.75, 3.05) is 0 Å². The first-order valence-corrected chi connectivity index (χ1v) is 20.6. The highest BCUT2D eigenvalue weighted by atomic mass is 16.3. The van der Waals surface area contributed by atoms with E-state index in [4.69, 9.17) is 8.83 Å². The molecule has 0 fully saturated rings. The van der Waals surface area contributed by atoms with Gasteiger partial charge in [-0.3, -0.25) is 0 Å². The van der Waals surface area contributed by atoms with Crippen LogP contribution in [0.2, 0.25) is 0 Å². The number of para-hydroxylation sites is 1. The minimum Gasteiger partial charge on any atom is -0.456 e. The molecule has 0 spiro atoms. The molecule has 0 bridgehead atoms. The molecule has 0 N–H and O–H groups in total. The predicted molar refractivity (Wildman–Crippen MR) is 253 cm³/mol. The van der Waals surface area contributed by atoms with Gasteiger partial charge in [0.25, 0.3) is 0 Å². The lowest BCUT2D eigenvalue weighted by molar-refractivity contribution is 0.633. The molecular weight excluding hydrogens is 729 g/mol. The molecule has 2 heterocycles. The summed E-state index contributed by atoms with van der Waals surface area (Å²) >= 11 is 0. The summed E-state index contributed by atoms with van der Waals surface area (Å²) in [5.41, 5.74) is 10.7. The highest BCUT2D eigenvalue weighted by molar-refractivity contribution is 6.25. The Labute approximate surface area is 345 Å². The maximum Gasteiger partial charge on any atom is 0.143 e. The molecule has 2 aromatic heterocycles. The topological polar surface area (TPSA) is 26.3 Å². The largest absolute Gasteiger partial charge is 0.456 e. The Bertz CT molecular complexity index is 3890. The first-order chi connectivity index (χ1) is 29.7. The molecule has 0 aliphatic carbocycles. The fourth-order valence-electron chi connectivity index (χ4n) is 9.86. The van der Waals surface area contributed by atoms with E-state index in [0.717, 1.165) is 71.7 Å². The molecule has 13 rings (SSSR count). The Balaban J connectivity index is 1.16. The van der Waals surface area contributed by atoms with Gasteiger partial charge in [-0.05, 0) is 124 Å². The molecule has 11 aromatic carbocycles. The van der Waals surface area contributed by atoms with Crippen molar-refractivity contribution in [2.45, 2.75) is 0 Å². The molecule has 0 aliphatic heterocycles. The second kappa shape index (κ2) is 12.8. The SMILES string of the molecule is c1ccc2cc(-c3c(-c4ccc5c(-c6cccc7ccccc67)c6ccccc6c(-c6ccc7oc8ccccc8c7c6)c5c4)oc4cc5ccccc5cc34)ccc2c1. The fourth-order valence-corrected chi connectivity index (χ4v) is 9.86. The molecule has 2 nitrogen and oxygen atoms in total. The molecule has 0 saturated carbocycles. The summed E-state index contributed by atoms with van der Waals surface area (Å²) in [7, 11) is 0. The molecular formula is C58H34O2. The number of rotatable bonds is 4. The van der Waals surface area contributed by atoms with Crippen LogP contribution >= 0.6 is 0 Å². The van der Waals surface area contributed by atoms with Crippen LogP contribution in [0.4, 0.5) is 0 Å². The second-order valence-electron chi connectivity index (χ2n) is 16.0. The third kappa shape index (κ3) is 4.95. The van der Waals surface area contributed by atoms with Gasteiger partial charge in [-0.1, -0.05) is 164 Å². The van der Waals surface area contributed by atoms with Gasteiger partial charge in [-0.15, -0.1) is 0 Å². The Morgan fingerprint density at radius 2 is 0.800 bits per heavy atom. The van der Waals surface area contributed by atoms with Gasteiger partial charge in [-0.25, -0.2) is 0 Å². The fraction of sp³-hybridized carbons (Fsp3) is 0. The van der Waals surface area contributed by atoms with Crippen LogP contribution in [-0.2, 0) is 0 Å². The maximum atomic E-state index is 7.10. The minimum absolute atomic E-state index is 0.861. The molecule has 0 atom stereocenters. The number of furan rings is 2. The van der Waals surface area contributed by atoms with E-state index < -0.39 is 0 Å². The molecule has 278 valence electrons. The van der Waals surface area contributed by atoms with Crippen LogP contribution < -0.4 is 0 Å². The summed E-state index contributed by atoms with van der Waals surface area (Å²) in [4.78, 5) is 0. The first kappa shape index (κ1) is 33.1. The molecule has 2 heteroatoms. The Kier molecular flexibility index (Phi) is 7.05. The van der Waals surface area contributed by atoms with Gasteiger partial charge < -0.3 is 8.83 Å². The van der Waals surface area contributed by atoms with Gasteiger partial charge >= 0.3 is 0 Å². The summed E-state index contributed by atoms with van der Waals surface area (Å²) < 4.78 is 13.4. The van der Waals surface area contributed by atoms with Crippen molar-refractivity contribution < 1.29 is 8.83 Å². The van der Waals surface area contributed by atoms with E-state index in [9.17, 15) is 0 Å². The molecule has 0 unspecified atom stereocenters. The van der Waals surface area contributed by atoms with Gasteiger partial charge in [0.1, 0.15) is 22.5 Å². The van der Waals surface area contributed by atoms with Crippen molar-refractivity contribution in [1.29, 1.82) is 0 Å². The van der Waals surface area contributed by atoms with Gasteiger partial charge in [0.05, 0.1) is 0 Å². The highest BCUT2D eigenvalue weighted by Gasteiger charge is 2.23. The van der Waals surface area contributed by atoms with Crippen LogP contribution in [0.1, 0.15) is 0 Å². The van der Waals surface area contributed by atoms with E-state index in [1.807, 2.05) is 6.07 Å². The molecule has 13 aromatic rings. The lowest BCUT2D eigenvalue weighted by Gasteiger charge is -2.19. The number of hydrogen-bond donors (Lipinski definition) is 0. The van der Waals surface area contributed by atoms with Crippen molar-refractivity contribution >= 4 is 86.8 Å². The van der Waals surface area contributed by atoms with Crippen LogP contribution in [0.25, 0.3) is 131 Å². The van der Waals surface area contributed by atoms with Gasteiger partial charge in [0, 0.05) is 27.3 Å². The lowest BCUT2D eigenvalue weighted by Crippen LogP contribution is -1.92. The van der Waals surface area contributed by atoms with E-state index in [1.54, 1.807) is 0 Å². The predicted octanol–water partition coefficient (Wildman–Crippen LogP) is 16.8. The van der Waals surface area contributed by atoms with Crippen LogP contribution in [-0.4, -0.2) is 0 Å². The number of hydrogen-bond acceptors (Lipinski definition) is 2. The van der Waals surface area contributed by atoms with E-state index in [2.05, 4.69) is 200 Å². The quantitative estimate of drug-likeness (QED) is 0.167. The monoisotopic (exact) mass is 762 g/mol. The minimum atomic E-state index is 0.861. The third-order valence-electron chi connectivity index (χ3n) is 12.6.